The Hall–Kier alpha value is -2.33. The predicted molar refractivity (Wildman–Crippen MR) is 125 cm³/mol. The summed E-state index contributed by atoms with van der Waals surface area (Å²) in [7, 11) is 0. The third-order valence-electron chi connectivity index (χ3n) is 7.70. The Morgan fingerprint density at radius 2 is 1.94 bits per heavy atom. The molecule has 2 amide bonds. The Kier molecular flexibility index (Phi) is 7.61. The number of rotatable bonds is 6. The summed E-state index contributed by atoms with van der Waals surface area (Å²) in [6.45, 7) is 5.04. The first-order valence-corrected chi connectivity index (χ1v) is 12.5. The monoisotopic (exact) mass is 496 g/mol. The summed E-state index contributed by atoms with van der Waals surface area (Å²) in [6, 6.07) is 4.26. The highest BCUT2D eigenvalue weighted by molar-refractivity contribution is 5.76. The van der Waals surface area contributed by atoms with Gasteiger partial charge in [-0.3, -0.25) is 4.79 Å². The van der Waals surface area contributed by atoms with Crippen molar-refractivity contribution in [2.75, 3.05) is 19.6 Å². The smallest absolute Gasteiger partial charge is 0.410 e. The van der Waals surface area contributed by atoms with Gasteiger partial charge in [-0.15, -0.1) is 0 Å². The summed E-state index contributed by atoms with van der Waals surface area (Å²) >= 11 is 0. The molecule has 10 heteroatoms. The number of piperazine rings is 1. The number of amides is 2. The van der Waals surface area contributed by atoms with Crippen molar-refractivity contribution in [1.29, 1.82) is 0 Å². The van der Waals surface area contributed by atoms with Gasteiger partial charge in [-0.2, -0.15) is 13.2 Å². The molecular formula is C25H35F3N4O3. The molecule has 0 spiro atoms. The summed E-state index contributed by atoms with van der Waals surface area (Å²) in [5.41, 5.74) is 5.25. The first-order chi connectivity index (χ1) is 16.6. The molecule has 1 aliphatic heterocycles. The number of nitrogens with zero attached hydrogens (tertiary/aromatic N) is 2. The lowest BCUT2D eigenvalue weighted by molar-refractivity contribution is -0.142. The Bertz CT molecular complexity index is 923. The third-order valence-corrected chi connectivity index (χ3v) is 7.70. The van der Waals surface area contributed by atoms with E-state index < -0.39 is 17.8 Å². The van der Waals surface area contributed by atoms with E-state index >= 15 is 0 Å². The molecule has 1 aromatic carbocycles. The maximum Gasteiger partial charge on any atom is 0.416 e. The lowest BCUT2D eigenvalue weighted by atomic mass is 9.73. The highest BCUT2D eigenvalue weighted by Gasteiger charge is 2.48. The van der Waals surface area contributed by atoms with Crippen LogP contribution in [0.15, 0.2) is 24.3 Å². The van der Waals surface area contributed by atoms with Crippen LogP contribution in [-0.2, 0) is 11.0 Å². The second-order valence-corrected chi connectivity index (χ2v) is 10.2. The molecule has 5 atom stereocenters. The van der Waals surface area contributed by atoms with Gasteiger partial charge in [-0.05, 0) is 82.2 Å². The van der Waals surface area contributed by atoms with Crippen LogP contribution in [0.1, 0.15) is 51.5 Å². The summed E-state index contributed by atoms with van der Waals surface area (Å²) in [4.78, 5) is 29.2. The molecule has 0 radical (unpaired) electrons. The number of benzene rings is 1. The number of carbonyl (C=O) groups excluding carboxylic acids is 2. The van der Waals surface area contributed by atoms with Crippen LogP contribution in [0.25, 0.3) is 0 Å². The quantitative estimate of drug-likeness (QED) is 0.628. The number of carbonyl (C=O) groups is 2. The molecule has 194 valence electrons. The fourth-order valence-corrected chi connectivity index (χ4v) is 5.78. The van der Waals surface area contributed by atoms with E-state index in [1.807, 2.05) is 11.8 Å². The summed E-state index contributed by atoms with van der Waals surface area (Å²) in [5, 5.41) is 3.55. The number of hydrogen-bond acceptors (Lipinski definition) is 5. The molecule has 2 saturated carbocycles. The lowest BCUT2D eigenvalue weighted by Crippen LogP contribution is -2.67. The van der Waals surface area contributed by atoms with E-state index in [0.717, 1.165) is 31.5 Å². The molecule has 3 aliphatic rings. The van der Waals surface area contributed by atoms with E-state index in [1.165, 1.54) is 25.0 Å². The van der Waals surface area contributed by atoms with Crippen molar-refractivity contribution in [2.24, 2.45) is 17.6 Å². The van der Waals surface area contributed by atoms with Crippen molar-refractivity contribution in [2.45, 2.75) is 76.3 Å². The SMILES string of the molecule is CC(=O)N1C2CCC(C(CN)CNC3CC3)CC2N(C(=O)Oc2cccc(C(F)(F)F)c2)C[C@@H]1C. The highest BCUT2D eigenvalue weighted by Crippen LogP contribution is 2.39. The van der Waals surface area contributed by atoms with Crippen LogP contribution in [0.2, 0.25) is 0 Å². The minimum Gasteiger partial charge on any atom is -0.410 e. The van der Waals surface area contributed by atoms with E-state index in [1.54, 1.807) is 11.8 Å². The number of nitrogens with two attached hydrogens (primary N) is 1. The first-order valence-electron chi connectivity index (χ1n) is 12.5. The zero-order chi connectivity index (χ0) is 25.3. The van der Waals surface area contributed by atoms with Crippen molar-refractivity contribution in [1.82, 2.24) is 15.1 Å². The van der Waals surface area contributed by atoms with Gasteiger partial charge in [-0.25, -0.2) is 4.79 Å². The third kappa shape index (κ3) is 5.91. The zero-order valence-corrected chi connectivity index (χ0v) is 20.3. The van der Waals surface area contributed by atoms with Crippen LogP contribution in [0.4, 0.5) is 18.0 Å². The van der Waals surface area contributed by atoms with E-state index in [0.29, 0.717) is 19.0 Å². The fourth-order valence-electron chi connectivity index (χ4n) is 5.78. The van der Waals surface area contributed by atoms with Gasteiger partial charge < -0.3 is 25.6 Å². The molecule has 3 N–H and O–H groups in total. The normalized spacial score (nSPS) is 27.8. The van der Waals surface area contributed by atoms with Crippen molar-refractivity contribution in [3.63, 3.8) is 0 Å². The molecule has 35 heavy (non-hydrogen) atoms. The molecular weight excluding hydrogens is 461 g/mol. The molecule has 0 bridgehead atoms. The van der Waals surface area contributed by atoms with Crippen LogP contribution in [0.3, 0.4) is 0 Å². The topological polar surface area (TPSA) is 87.9 Å². The van der Waals surface area contributed by atoms with Crippen LogP contribution in [0, 0.1) is 11.8 Å². The van der Waals surface area contributed by atoms with Crippen LogP contribution >= 0.6 is 0 Å². The van der Waals surface area contributed by atoms with Crippen molar-refractivity contribution >= 4 is 12.0 Å². The number of hydrogen-bond donors (Lipinski definition) is 2. The molecule has 7 nitrogen and oxygen atoms in total. The number of ether oxygens (including phenoxy) is 1. The van der Waals surface area contributed by atoms with Gasteiger partial charge in [0.25, 0.3) is 0 Å². The molecule has 1 heterocycles. The van der Waals surface area contributed by atoms with Gasteiger partial charge in [0.1, 0.15) is 5.75 Å². The van der Waals surface area contributed by atoms with Crippen LogP contribution in [-0.4, -0.2) is 65.6 Å². The number of halogens is 3. The molecule has 2 aliphatic carbocycles. The molecule has 4 rings (SSSR count). The Balaban J connectivity index is 1.53. The predicted octanol–water partition coefficient (Wildman–Crippen LogP) is 3.62. The Morgan fingerprint density at radius 1 is 1.20 bits per heavy atom. The lowest BCUT2D eigenvalue weighted by Gasteiger charge is -2.54. The molecule has 4 unspecified atom stereocenters. The molecule has 1 saturated heterocycles. The van der Waals surface area contributed by atoms with Gasteiger partial charge >= 0.3 is 12.3 Å². The van der Waals surface area contributed by atoms with Crippen LogP contribution < -0.4 is 15.8 Å². The largest absolute Gasteiger partial charge is 0.416 e. The van der Waals surface area contributed by atoms with Crippen molar-refractivity contribution < 1.29 is 27.5 Å². The van der Waals surface area contributed by atoms with Crippen molar-refractivity contribution in [3.05, 3.63) is 29.8 Å². The molecule has 0 aromatic heterocycles. The average Bonchev–Trinajstić information content (AvgIpc) is 3.63. The summed E-state index contributed by atoms with van der Waals surface area (Å²) in [5.74, 6) is 0.341. The van der Waals surface area contributed by atoms with Gasteiger partial charge in [0, 0.05) is 25.6 Å². The molecule has 3 fully saturated rings. The Labute approximate surface area is 204 Å². The summed E-state index contributed by atoms with van der Waals surface area (Å²) in [6.07, 6.45) is -0.518. The average molecular weight is 497 g/mol. The van der Waals surface area contributed by atoms with E-state index in [-0.39, 0.29) is 48.2 Å². The maximum absolute atomic E-state index is 13.3. The number of fused-ring (bicyclic) bond motifs is 1. The van der Waals surface area contributed by atoms with Crippen LogP contribution in [0.5, 0.6) is 5.75 Å². The minimum atomic E-state index is -4.53. The van der Waals surface area contributed by atoms with E-state index in [9.17, 15) is 22.8 Å². The second-order valence-electron chi connectivity index (χ2n) is 10.2. The Morgan fingerprint density at radius 3 is 2.57 bits per heavy atom. The van der Waals surface area contributed by atoms with E-state index in [4.69, 9.17) is 10.5 Å². The van der Waals surface area contributed by atoms with Crippen molar-refractivity contribution in [3.8, 4) is 5.75 Å². The molecule has 1 aromatic rings. The van der Waals surface area contributed by atoms with Gasteiger partial charge in [0.15, 0.2) is 0 Å². The first kappa shape index (κ1) is 25.8. The maximum atomic E-state index is 13.3. The zero-order valence-electron chi connectivity index (χ0n) is 20.3. The van der Waals surface area contributed by atoms with E-state index in [2.05, 4.69) is 5.32 Å². The minimum absolute atomic E-state index is 0.0392. The highest BCUT2D eigenvalue weighted by atomic mass is 19.4. The second kappa shape index (κ2) is 10.3. The fraction of sp³-hybridized carbons (Fsp3) is 0.680. The van der Waals surface area contributed by atoms with Gasteiger partial charge in [0.2, 0.25) is 5.91 Å². The van der Waals surface area contributed by atoms with Gasteiger partial charge in [0.05, 0.1) is 17.6 Å². The number of nitrogens with one attached hydrogen (secondary N) is 1. The number of alkyl halides is 3. The summed E-state index contributed by atoms with van der Waals surface area (Å²) < 4.78 is 44.8. The standard InChI is InChI=1S/C25H35F3N4O3/c1-15-14-31(24(34)35-21-5-3-4-19(11-21)25(26,27)28)23-10-17(6-9-22(23)32(15)16(2)33)18(12-29)13-30-20-7-8-20/h3-5,11,15,17-18,20,22-23,30H,6-10,12-14,29H2,1-2H3/t15-,17?,18?,22?,23?/m0/s1. The van der Waals surface area contributed by atoms with Gasteiger partial charge in [-0.1, -0.05) is 6.07 Å².